The predicted octanol–water partition coefficient (Wildman–Crippen LogP) is -5.78. The van der Waals surface area contributed by atoms with E-state index in [1.807, 2.05) is 6.20 Å². The molecule has 18 heavy (non-hydrogen) atoms. The summed E-state index contributed by atoms with van der Waals surface area (Å²) in [7, 11) is 0. The van der Waals surface area contributed by atoms with Gasteiger partial charge >= 0.3 is 112 Å². The van der Waals surface area contributed by atoms with Gasteiger partial charge in [-0.3, -0.25) is 0 Å². The number of benzene rings is 1. The molecule has 0 radical (unpaired) electrons. The topological polar surface area (TPSA) is 15.8 Å². The van der Waals surface area contributed by atoms with Gasteiger partial charge in [-0.25, -0.2) is 0 Å². The van der Waals surface area contributed by atoms with Crippen LogP contribution < -0.4 is 40.6 Å². The Morgan fingerprint density at radius 1 is 1.00 bits per heavy atom. The number of aromatic nitrogens is 1. The van der Waals surface area contributed by atoms with Crippen molar-refractivity contribution in [1.29, 1.82) is 0 Å². The number of pyridine rings is 1. The molecule has 0 bridgehead atoms. The Labute approximate surface area is 148 Å². The van der Waals surface area contributed by atoms with Crippen LogP contribution in [0.4, 0.5) is 0 Å². The fraction of sp³-hybridized carbons (Fsp3) is 0. The zero-order valence-corrected chi connectivity index (χ0v) is 15.3. The molecule has 1 N–H and O–H groups in total. The maximum Gasteiger partial charge on any atom is -1.00 e. The van der Waals surface area contributed by atoms with Crippen molar-refractivity contribution in [3.8, 4) is 11.1 Å². The molecule has 0 saturated heterocycles. The molecule has 1 aromatic rings. The van der Waals surface area contributed by atoms with E-state index in [-0.39, 0.29) is 37.2 Å². The zero-order chi connectivity index (χ0) is 10.4. The number of aromatic amines is 1. The molecule has 3 rings (SSSR count). The molecule has 0 saturated carbocycles. The summed E-state index contributed by atoms with van der Waals surface area (Å²) in [5, 5.41) is 2.65. The first-order valence-electron chi connectivity index (χ1n) is 4.67. The van der Waals surface area contributed by atoms with Crippen LogP contribution in [0.15, 0.2) is 41.0 Å². The largest absolute Gasteiger partial charge is 1.00 e. The third kappa shape index (κ3) is 3.13. The minimum absolute atomic E-state index is 0. The van der Waals surface area contributed by atoms with E-state index in [1.54, 1.807) is 0 Å². The number of halogens is 4. The van der Waals surface area contributed by atoms with E-state index < -0.39 is 0 Å². The van der Waals surface area contributed by atoms with E-state index in [9.17, 15) is 0 Å². The second-order valence-corrected chi connectivity index (χ2v) is 5.70. The summed E-state index contributed by atoms with van der Waals surface area (Å²) in [4.78, 5) is 3.30. The molecule has 0 unspecified atom stereocenters. The van der Waals surface area contributed by atoms with Gasteiger partial charge in [0.15, 0.2) is 0 Å². The maximum absolute atomic E-state index is 3.51. The van der Waals surface area contributed by atoms with Crippen molar-refractivity contribution in [2.24, 2.45) is 0 Å². The first-order chi connectivity index (χ1) is 7.25. The minimum Gasteiger partial charge on any atom is -1.00 e. The number of hydrogen-bond acceptors (Lipinski definition) is 0. The Bertz CT molecular complexity index is 626. The van der Waals surface area contributed by atoms with Crippen LogP contribution in [0.1, 0.15) is 0 Å². The van der Waals surface area contributed by atoms with Gasteiger partial charge in [-0.15, -0.1) is 0 Å². The standard InChI is InChI=1S/C12H7BrN.3ClH.Zr/c13-10-1-2-11-9(6-10)5-8-3-4-14-7-12(8)11;;;;/h1-6,14H;3*1H;/q;;;;+3/p-3. The summed E-state index contributed by atoms with van der Waals surface area (Å²) in [5.41, 5.74) is 2.70. The second kappa shape index (κ2) is 7.31. The maximum atomic E-state index is 3.51. The summed E-state index contributed by atoms with van der Waals surface area (Å²) in [5.74, 6) is 0. The van der Waals surface area contributed by atoms with Crippen LogP contribution in [-0.4, -0.2) is 4.98 Å². The third-order valence-corrected chi connectivity index (χ3v) is 4.09. The van der Waals surface area contributed by atoms with Crippen molar-refractivity contribution < 1.29 is 61.9 Å². The van der Waals surface area contributed by atoms with E-state index in [4.69, 9.17) is 0 Å². The second-order valence-electron chi connectivity index (χ2n) is 3.56. The Balaban J connectivity index is 0.000000963. The van der Waals surface area contributed by atoms with Crippen molar-refractivity contribution in [3.63, 3.8) is 0 Å². The molecule has 1 nitrogen and oxygen atoms in total. The van der Waals surface area contributed by atoms with Crippen molar-refractivity contribution in [2.45, 2.75) is 0 Å². The summed E-state index contributed by atoms with van der Waals surface area (Å²) < 4.78 is 2.46. The number of nitrogens with one attached hydrogen (secondary N) is 1. The molecule has 1 aliphatic carbocycles. The van der Waals surface area contributed by atoms with Gasteiger partial charge in [0.1, 0.15) is 0 Å². The van der Waals surface area contributed by atoms with Gasteiger partial charge in [-0.2, -0.15) is 0 Å². The van der Waals surface area contributed by atoms with Gasteiger partial charge < -0.3 is 37.2 Å². The summed E-state index contributed by atoms with van der Waals surface area (Å²) in [6.45, 7) is 0. The number of hydrogen-bond donors (Lipinski definition) is 1. The quantitative estimate of drug-likeness (QED) is 0.357. The van der Waals surface area contributed by atoms with Crippen LogP contribution >= 0.6 is 15.9 Å². The van der Waals surface area contributed by atoms with Crippen LogP contribution in [0.5, 0.6) is 0 Å². The molecule has 0 fully saturated rings. The predicted molar refractivity (Wildman–Crippen MR) is 62.3 cm³/mol. The average Bonchev–Trinajstić information content (AvgIpc) is 2.56. The van der Waals surface area contributed by atoms with Crippen LogP contribution in [0.3, 0.4) is 0 Å². The minimum atomic E-state index is 0. The molecule has 2 aliphatic rings. The zero-order valence-electron chi connectivity index (χ0n) is 8.98. The Kier molecular flexibility index (Phi) is 7.50. The monoisotopic (exact) mass is 439 g/mol. The summed E-state index contributed by atoms with van der Waals surface area (Å²) in [6, 6.07) is 10.8. The smallest absolute Gasteiger partial charge is 1.00 e. The SMILES string of the molecule is Brc1ccc2c3[c]([Zr+3])[nH]ccc-3cc2c1.[Cl-].[Cl-].[Cl-]. The molecule has 0 aromatic heterocycles. The van der Waals surface area contributed by atoms with Gasteiger partial charge in [0.2, 0.25) is 0 Å². The van der Waals surface area contributed by atoms with Gasteiger partial charge in [-0.05, 0) is 0 Å². The fourth-order valence-electron chi connectivity index (χ4n) is 1.97. The molecule has 1 aromatic carbocycles. The molecule has 6 heteroatoms. The first kappa shape index (κ1) is 18.5. The molecule has 92 valence electrons. The van der Waals surface area contributed by atoms with Crippen molar-refractivity contribution in [3.05, 3.63) is 41.0 Å². The van der Waals surface area contributed by atoms with E-state index in [1.165, 1.54) is 50.0 Å². The number of H-pyrrole nitrogens is 1. The molecule has 1 heterocycles. The van der Waals surface area contributed by atoms with E-state index in [2.05, 4.69) is 51.2 Å². The van der Waals surface area contributed by atoms with Crippen LogP contribution in [0.2, 0.25) is 0 Å². The number of fused-ring (bicyclic) bond motifs is 3. The van der Waals surface area contributed by atoms with Gasteiger partial charge in [0, 0.05) is 0 Å². The summed E-state index contributed by atoms with van der Waals surface area (Å²) >= 11 is 4.93. The van der Waals surface area contributed by atoms with Gasteiger partial charge in [0.25, 0.3) is 0 Å². The summed E-state index contributed by atoms with van der Waals surface area (Å²) in [6.07, 6.45) is 2.01. The Morgan fingerprint density at radius 2 is 1.72 bits per heavy atom. The van der Waals surface area contributed by atoms with Crippen molar-refractivity contribution >= 4 is 30.1 Å². The normalized spacial score (nSPS) is 9.50. The molecular formula is C12H7BrCl3NZr. The third-order valence-electron chi connectivity index (χ3n) is 2.62. The van der Waals surface area contributed by atoms with Gasteiger partial charge in [-0.1, -0.05) is 0 Å². The average molecular weight is 443 g/mol. The number of rotatable bonds is 0. The van der Waals surface area contributed by atoms with Crippen molar-refractivity contribution in [2.75, 3.05) is 0 Å². The van der Waals surface area contributed by atoms with Gasteiger partial charge in [0.05, 0.1) is 0 Å². The molecule has 1 aliphatic heterocycles. The first-order valence-corrected chi connectivity index (χ1v) is 6.69. The molecular weight excluding hydrogens is 436 g/mol. The van der Waals surface area contributed by atoms with Crippen molar-refractivity contribution in [1.82, 2.24) is 4.98 Å². The Hall–Kier alpha value is 0.473. The van der Waals surface area contributed by atoms with E-state index in [0.29, 0.717) is 0 Å². The van der Waals surface area contributed by atoms with E-state index in [0.717, 1.165) is 4.47 Å². The molecule has 0 atom stereocenters. The molecule has 0 spiro atoms. The fourth-order valence-corrected chi connectivity index (χ4v) is 3.24. The van der Waals surface area contributed by atoms with Crippen LogP contribution in [-0.2, 0) is 24.7 Å². The Morgan fingerprint density at radius 3 is 2.44 bits per heavy atom. The van der Waals surface area contributed by atoms with Crippen LogP contribution in [0.25, 0.3) is 21.9 Å². The van der Waals surface area contributed by atoms with Crippen LogP contribution in [0, 0.1) is 0 Å². The molecule has 0 amide bonds. The van der Waals surface area contributed by atoms with E-state index >= 15 is 0 Å².